The molecule has 0 atom stereocenters. The molecular weight excluding hydrogens is 320 g/mol. The zero-order valence-electron chi connectivity index (χ0n) is 14.2. The van der Waals surface area contributed by atoms with E-state index in [9.17, 15) is 4.79 Å². The van der Waals surface area contributed by atoms with Gasteiger partial charge in [-0.05, 0) is 12.1 Å². The van der Waals surface area contributed by atoms with Gasteiger partial charge in [0.1, 0.15) is 0 Å². The lowest BCUT2D eigenvalue weighted by Gasteiger charge is -2.13. The summed E-state index contributed by atoms with van der Waals surface area (Å²) in [5.41, 5.74) is 2.03. The first kappa shape index (κ1) is 16.6. The van der Waals surface area contributed by atoms with Crippen molar-refractivity contribution in [1.82, 2.24) is 9.97 Å². The molecule has 0 amide bonds. The van der Waals surface area contributed by atoms with Gasteiger partial charge in [-0.15, -0.1) is 0 Å². The summed E-state index contributed by atoms with van der Waals surface area (Å²) in [7, 11) is 4.53. The average molecular weight is 338 g/mol. The molecule has 2 aromatic carbocycles. The van der Waals surface area contributed by atoms with Crippen LogP contribution in [0.1, 0.15) is 16.2 Å². The highest BCUT2D eigenvalue weighted by Gasteiger charge is 2.20. The Labute approximate surface area is 145 Å². The highest BCUT2D eigenvalue weighted by atomic mass is 16.5. The van der Waals surface area contributed by atoms with E-state index in [0.717, 1.165) is 5.56 Å². The van der Waals surface area contributed by atoms with Crippen LogP contribution in [0.5, 0.6) is 17.2 Å². The first-order valence-corrected chi connectivity index (χ1v) is 7.63. The van der Waals surface area contributed by atoms with Gasteiger partial charge in [0.15, 0.2) is 17.3 Å². The maximum atomic E-state index is 12.8. The number of ketones is 1. The number of nitrogens with one attached hydrogen (secondary N) is 1. The van der Waals surface area contributed by atoms with Gasteiger partial charge >= 0.3 is 0 Å². The number of benzene rings is 2. The second-order valence-corrected chi connectivity index (χ2v) is 5.24. The summed E-state index contributed by atoms with van der Waals surface area (Å²) in [6.07, 6.45) is 1.71. The molecule has 0 saturated heterocycles. The molecule has 6 heteroatoms. The van der Waals surface area contributed by atoms with Gasteiger partial charge in [0.05, 0.1) is 27.0 Å². The van der Waals surface area contributed by atoms with Gasteiger partial charge < -0.3 is 19.2 Å². The number of imidazole rings is 1. The number of carbonyl (C=O) groups excluding carboxylic acids is 1. The highest BCUT2D eigenvalue weighted by Crippen LogP contribution is 2.38. The van der Waals surface area contributed by atoms with Crippen LogP contribution in [0.15, 0.2) is 48.7 Å². The first-order valence-electron chi connectivity index (χ1n) is 7.63. The van der Waals surface area contributed by atoms with Crippen LogP contribution in [0.3, 0.4) is 0 Å². The average Bonchev–Trinajstić information content (AvgIpc) is 3.17. The second-order valence-electron chi connectivity index (χ2n) is 5.24. The van der Waals surface area contributed by atoms with Crippen molar-refractivity contribution in [3.63, 3.8) is 0 Å². The van der Waals surface area contributed by atoms with Crippen molar-refractivity contribution < 1.29 is 19.0 Å². The Hall–Kier alpha value is -3.28. The standard InChI is InChI=1S/C19H18N2O4/c1-23-15-9-13(10-16(24-2)18(15)25-3)17(22)19-20-11-14(21-19)12-7-5-4-6-8-12/h4-11H,1-3H3,(H,20,21). The summed E-state index contributed by atoms with van der Waals surface area (Å²) >= 11 is 0. The zero-order valence-corrected chi connectivity index (χ0v) is 14.2. The number of aromatic nitrogens is 2. The molecule has 0 saturated carbocycles. The van der Waals surface area contributed by atoms with E-state index < -0.39 is 0 Å². The monoisotopic (exact) mass is 338 g/mol. The fraction of sp³-hybridized carbons (Fsp3) is 0.158. The molecule has 25 heavy (non-hydrogen) atoms. The van der Waals surface area contributed by atoms with Crippen LogP contribution in [0, 0.1) is 0 Å². The van der Waals surface area contributed by atoms with Crippen LogP contribution in [0.4, 0.5) is 0 Å². The molecule has 1 N–H and O–H groups in total. The van der Waals surface area contributed by atoms with Gasteiger partial charge in [-0.1, -0.05) is 30.3 Å². The Bertz CT molecular complexity index is 862. The normalized spacial score (nSPS) is 10.4. The maximum absolute atomic E-state index is 12.8. The Balaban J connectivity index is 1.97. The maximum Gasteiger partial charge on any atom is 0.228 e. The van der Waals surface area contributed by atoms with Crippen LogP contribution in [0.25, 0.3) is 11.3 Å². The van der Waals surface area contributed by atoms with Crippen molar-refractivity contribution >= 4 is 5.78 Å². The molecule has 128 valence electrons. The number of aromatic amines is 1. The van der Waals surface area contributed by atoms with E-state index in [1.165, 1.54) is 21.3 Å². The quantitative estimate of drug-likeness (QED) is 0.698. The first-order chi connectivity index (χ1) is 12.2. The third kappa shape index (κ3) is 3.19. The van der Waals surface area contributed by atoms with Crippen molar-refractivity contribution in [3.8, 4) is 28.5 Å². The molecule has 0 aliphatic carbocycles. The number of H-pyrrole nitrogens is 1. The van der Waals surface area contributed by atoms with Gasteiger partial charge in [0, 0.05) is 17.3 Å². The van der Waals surface area contributed by atoms with E-state index in [1.54, 1.807) is 18.3 Å². The number of ether oxygens (including phenoxy) is 3. The van der Waals surface area contributed by atoms with Gasteiger partial charge in [-0.2, -0.15) is 0 Å². The van der Waals surface area contributed by atoms with Crippen molar-refractivity contribution in [1.29, 1.82) is 0 Å². The number of methoxy groups -OCH3 is 3. The molecule has 0 radical (unpaired) electrons. The Kier molecular flexibility index (Phi) is 4.70. The molecule has 6 nitrogen and oxygen atoms in total. The van der Waals surface area contributed by atoms with E-state index in [2.05, 4.69) is 9.97 Å². The summed E-state index contributed by atoms with van der Waals surface area (Å²) < 4.78 is 15.9. The lowest BCUT2D eigenvalue weighted by molar-refractivity contribution is 0.102. The summed E-state index contributed by atoms with van der Waals surface area (Å²) in [6, 6.07) is 12.9. The fourth-order valence-electron chi connectivity index (χ4n) is 2.54. The molecule has 0 bridgehead atoms. The molecule has 3 rings (SSSR count). The van der Waals surface area contributed by atoms with Crippen LogP contribution in [-0.4, -0.2) is 37.1 Å². The number of nitrogens with zero attached hydrogens (tertiary/aromatic N) is 1. The highest BCUT2D eigenvalue weighted by molar-refractivity contribution is 6.07. The number of hydrogen-bond donors (Lipinski definition) is 1. The van der Waals surface area contributed by atoms with E-state index in [1.807, 2.05) is 30.3 Å². The smallest absolute Gasteiger partial charge is 0.228 e. The molecular formula is C19H18N2O4. The van der Waals surface area contributed by atoms with Gasteiger partial charge in [0.2, 0.25) is 11.5 Å². The van der Waals surface area contributed by atoms with Crippen LogP contribution < -0.4 is 14.2 Å². The molecule has 0 unspecified atom stereocenters. The minimum Gasteiger partial charge on any atom is -0.493 e. The number of carbonyl (C=O) groups is 1. The molecule has 0 spiro atoms. The minimum absolute atomic E-state index is 0.244. The van der Waals surface area contributed by atoms with Crippen molar-refractivity contribution in [3.05, 3.63) is 60.0 Å². The Morgan fingerprint density at radius 1 is 0.960 bits per heavy atom. The van der Waals surface area contributed by atoms with E-state index in [4.69, 9.17) is 14.2 Å². The van der Waals surface area contributed by atoms with Gasteiger partial charge in [-0.3, -0.25) is 4.79 Å². The van der Waals surface area contributed by atoms with E-state index in [0.29, 0.717) is 28.5 Å². The van der Waals surface area contributed by atoms with Crippen molar-refractivity contribution in [2.45, 2.75) is 0 Å². The predicted molar refractivity (Wildman–Crippen MR) is 93.6 cm³/mol. The SMILES string of the molecule is COc1cc(C(=O)c2nc(-c3ccccc3)c[nH]2)cc(OC)c1OC. The molecule has 0 aliphatic rings. The topological polar surface area (TPSA) is 73.4 Å². The summed E-state index contributed by atoms with van der Waals surface area (Å²) in [5, 5.41) is 0. The third-order valence-corrected chi connectivity index (χ3v) is 3.79. The van der Waals surface area contributed by atoms with E-state index in [-0.39, 0.29) is 11.6 Å². The fourth-order valence-corrected chi connectivity index (χ4v) is 2.54. The van der Waals surface area contributed by atoms with Gasteiger partial charge in [-0.25, -0.2) is 4.98 Å². The molecule has 0 aliphatic heterocycles. The summed E-state index contributed by atoms with van der Waals surface area (Å²) in [5.74, 6) is 1.25. The zero-order chi connectivity index (χ0) is 17.8. The predicted octanol–water partition coefficient (Wildman–Crippen LogP) is 3.33. The lowest BCUT2D eigenvalue weighted by atomic mass is 10.1. The lowest BCUT2D eigenvalue weighted by Crippen LogP contribution is -2.06. The number of rotatable bonds is 6. The van der Waals surface area contributed by atoms with Crippen molar-refractivity contribution in [2.75, 3.05) is 21.3 Å². The molecule has 1 aromatic heterocycles. The minimum atomic E-state index is -0.263. The molecule has 3 aromatic rings. The molecule has 1 heterocycles. The second kappa shape index (κ2) is 7.09. The van der Waals surface area contributed by atoms with Crippen molar-refractivity contribution in [2.24, 2.45) is 0 Å². The molecule has 0 fully saturated rings. The van der Waals surface area contributed by atoms with Gasteiger partial charge in [0.25, 0.3) is 0 Å². The number of hydrogen-bond acceptors (Lipinski definition) is 5. The van der Waals surface area contributed by atoms with Crippen LogP contribution >= 0.6 is 0 Å². The summed E-state index contributed by atoms with van der Waals surface area (Å²) in [4.78, 5) is 20.1. The largest absolute Gasteiger partial charge is 0.493 e. The Morgan fingerprint density at radius 3 is 2.16 bits per heavy atom. The van der Waals surface area contributed by atoms with Crippen LogP contribution in [-0.2, 0) is 0 Å². The summed E-state index contributed by atoms with van der Waals surface area (Å²) in [6.45, 7) is 0. The van der Waals surface area contributed by atoms with E-state index >= 15 is 0 Å². The third-order valence-electron chi connectivity index (χ3n) is 3.79. The Morgan fingerprint density at radius 2 is 1.60 bits per heavy atom. The van der Waals surface area contributed by atoms with Crippen LogP contribution in [0.2, 0.25) is 0 Å².